The van der Waals surface area contributed by atoms with Crippen LogP contribution in [0.5, 0.6) is 0 Å². The van der Waals surface area contributed by atoms with E-state index in [0.29, 0.717) is 0 Å². The average Bonchev–Trinajstić information content (AvgIpc) is 2.06. The summed E-state index contributed by atoms with van der Waals surface area (Å²) in [5, 5.41) is 13.1. The largest absolute Gasteiger partial charge is 0.395 e. The Morgan fingerprint density at radius 3 is 2.83 bits per heavy atom. The second-order valence-electron chi connectivity index (χ2n) is 1.53. The topological polar surface area (TPSA) is 91.5 Å². The summed E-state index contributed by atoms with van der Waals surface area (Å²) >= 11 is 0. The number of rotatable bonds is 4. The number of amides is 2. The van der Waals surface area contributed by atoms with Gasteiger partial charge < -0.3 is 4.84 Å². The maximum Gasteiger partial charge on any atom is 0.316 e. The third-order valence-electron chi connectivity index (χ3n) is 0.770. The molecular weight excluding hydrogens is 162 g/mol. The molecule has 6 nitrogen and oxygen atoms in total. The van der Waals surface area contributed by atoms with E-state index in [4.69, 9.17) is 5.26 Å². The van der Waals surface area contributed by atoms with Crippen LogP contribution in [0.1, 0.15) is 6.92 Å². The van der Waals surface area contributed by atoms with Gasteiger partial charge in [0.1, 0.15) is 12.7 Å². The fourth-order valence-corrected chi connectivity index (χ4v) is 0.347. The van der Waals surface area contributed by atoms with Gasteiger partial charge in [0.25, 0.3) is 5.91 Å². The number of nitrogens with zero attached hydrogens (tertiary/aromatic N) is 2. The SMILES string of the molecule is CCO/N=C(/C#N)C(=O)N[C]=O. The molecule has 0 unspecified atom stereocenters. The lowest BCUT2D eigenvalue weighted by molar-refractivity contribution is -0.113. The number of hydrogen-bond donors (Lipinski definition) is 1. The first kappa shape index (κ1) is 10.1. The number of carbonyl (C=O) groups is 1. The molecule has 0 atom stereocenters. The summed E-state index contributed by atoms with van der Waals surface area (Å²) in [4.78, 5) is 24.7. The zero-order valence-corrected chi connectivity index (χ0v) is 6.33. The van der Waals surface area contributed by atoms with Gasteiger partial charge in [-0.3, -0.25) is 14.9 Å². The number of nitriles is 1. The number of imide groups is 1. The third kappa shape index (κ3) is 3.31. The van der Waals surface area contributed by atoms with Gasteiger partial charge in [-0.1, -0.05) is 5.16 Å². The van der Waals surface area contributed by atoms with Crippen LogP contribution >= 0.6 is 0 Å². The summed E-state index contributed by atoms with van der Waals surface area (Å²) in [5.74, 6) is -0.930. The molecule has 0 saturated heterocycles. The summed E-state index contributed by atoms with van der Waals surface area (Å²) in [6.45, 7) is 1.88. The van der Waals surface area contributed by atoms with E-state index < -0.39 is 11.6 Å². The first-order chi connectivity index (χ1) is 5.76. The maximum atomic E-state index is 10.7. The van der Waals surface area contributed by atoms with E-state index in [1.165, 1.54) is 6.07 Å². The van der Waals surface area contributed by atoms with E-state index in [-0.39, 0.29) is 6.61 Å². The average molecular weight is 168 g/mol. The molecule has 12 heavy (non-hydrogen) atoms. The van der Waals surface area contributed by atoms with Crippen LogP contribution in [0.2, 0.25) is 0 Å². The van der Waals surface area contributed by atoms with Crippen molar-refractivity contribution in [1.29, 1.82) is 5.26 Å². The molecule has 0 aromatic carbocycles. The Kier molecular flexibility index (Phi) is 4.93. The Bertz CT molecular complexity index is 241. The molecule has 2 amide bonds. The lowest BCUT2D eigenvalue weighted by Gasteiger charge is -1.93. The quantitative estimate of drug-likeness (QED) is 0.334. The maximum absolute atomic E-state index is 10.7. The predicted octanol–water partition coefficient (Wildman–Crippen LogP) is -0.914. The van der Waals surface area contributed by atoms with Crippen molar-refractivity contribution in [1.82, 2.24) is 5.32 Å². The van der Waals surface area contributed by atoms with Crippen LogP contribution in [0, 0.1) is 11.3 Å². The molecule has 0 heterocycles. The Morgan fingerprint density at radius 2 is 2.42 bits per heavy atom. The molecule has 0 rings (SSSR count). The van der Waals surface area contributed by atoms with Crippen LogP contribution in [0.4, 0.5) is 0 Å². The van der Waals surface area contributed by atoms with Gasteiger partial charge in [0, 0.05) is 0 Å². The number of hydrogen-bond acceptors (Lipinski definition) is 5. The van der Waals surface area contributed by atoms with Crippen molar-refractivity contribution in [3.63, 3.8) is 0 Å². The van der Waals surface area contributed by atoms with Crippen molar-refractivity contribution in [3.05, 3.63) is 0 Å². The molecule has 0 aliphatic carbocycles. The van der Waals surface area contributed by atoms with E-state index in [1.54, 1.807) is 12.2 Å². The number of nitrogens with one attached hydrogen (secondary N) is 1. The Hall–Kier alpha value is -1.90. The summed E-state index contributed by atoms with van der Waals surface area (Å²) < 4.78 is 0. The Labute approximate surface area is 68.8 Å². The van der Waals surface area contributed by atoms with E-state index in [0.717, 1.165) is 6.41 Å². The second-order valence-corrected chi connectivity index (χ2v) is 1.53. The van der Waals surface area contributed by atoms with Crippen LogP contribution in [0.25, 0.3) is 0 Å². The lowest BCUT2D eigenvalue weighted by Crippen LogP contribution is -2.28. The van der Waals surface area contributed by atoms with Crippen molar-refractivity contribution < 1.29 is 14.4 Å². The smallest absolute Gasteiger partial charge is 0.316 e. The molecule has 0 aromatic rings. The minimum absolute atomic E-state index is 0.239. The number of oxime groups is 1. The van der Waals surface area contributed by atoms with Gasteiger partial charge in [-0.05, 0) is 6.92 Å². The van der Waals surface area contributed by atoms with Crippen LogP contribution in [-0.4, -0.2) is 24.6 Å². The minimum Gasteiger partial charge on any atom is -0.395 e. The van der Waals surface area contributed by atoms with Gasteiger partial charge in [-0.15, -0.1) is 0 Å². The molecule has 0 aromatic heterocycles. The molecule has 0 spiro atoms. The van der Waals surface area contributed by atoms with Crippen molar-refractivity contribution >= 4 is 18.0 Å². The second kappa shape index (κ2) is 5.85. The van der Waals surface area contributed by atoms with Crippen molar-refractivity contribution in [2.45, 2.75) is 6.92 Å². The van der Waals surface area contributed by atoms with E-state index in [1.807, 2.05) is 0 Å². The van der Waals surface area contributed by atoms with E-state index in [2.05, 4.69) is 9.99 Å². The summed E-state index contributed by atoms with van der Waals surface area (Å²) in [7, 11) is 0. The highest BCUT2D eigenvalue weighted by Crippen LogP contribution is 1.80. The van der Waals surface area contributed by atoms with Gasteiger partial charge in [0.2, 0.25) is 5.71 Å². The van der Waals surface area contributed by atoms with Gasteiger partial charge in [0.05, 0.1) is 0 Å². The summed E-state index contributed by atoms with van der Waals surface area (Å²) in [6.07, 6.45) is 1.12. The highest BCUT2D eigenvalue weighted by molar-refractivity contribution is 6.46. The molecule has 0 aliphatic heterocycles. The molecule has 0 saturated carbocycles. The van der Waals surface area contributed by atoms with Crippen LogP contribution in [-0.2, 0) is 14.4 Å². The van der Waals surface area contributed by atoms with Crippen LogP contribution in [0.3, 0.4) is 0 Å². The van der Waals surface area contributed by atoms with Crippen LogP contribution < -0.4 is 5.32 Å². The standard InChI is InChI=1S/C6H6N3O3/c1-2-12-9-5(3-7)6(11)8-4-10/h2H2,1H3,(H,8,10,11)/b9-5-. The molecule has 6 heteroatoms. The zero-order valence-electron chi connectivity index (χ0n) is 6.33. The first-order valence-electron chi connectivity index (χ1n) is 3.03. The Morgan fingerprint density at radius 1 is 1.75 bits per heavy atom. The molecule has 1 radical (unpaired) electrons. The fourth-order valence-electron chi connectivity index (χ4n) is 0.347. The highest BCUT2D eigenvalue weighted by atomic mass is 16.6. The van der Waals surface area contributed by atoms with E-state index in [9.17, 15) is 9.59 Å². The molecule has 0 fully saturated rings. The number of carbonyl (C=O) groups excluding carboxylic acids is 2. The molecule has 0 bridgehead atoms. The lowest BCUT2D eigenvalue weighted by atomic mass is 10.4. The molecule has 0 aliphatic rings. The normalized spacial score (nSPS) is 9.83. The van der Waals surface area contributed by atoms with Crippen molar-refractivity contribution in [2.75, 3.05) is 6.61 Å². The molecule has 1 N–H and O–H groups in total. The van der Waals surface area contributed by atoms with Gasteiger partial charge in [0.15, 0.2) is 0 Å². The summed E-state index contributed by atoms with van der Waals surface area (Å²) in [6, 6.07) is 1.46. The Balaban J connectivity index is 4.25. The highest BCUT2D eigenvalue weighted by Gasteiger charge is 2.10. The molecule has 63 valence electrons. The first-order valence-corrected chi connectivity index (χ1v) is 3.03. The van der Waals surface area contributed by atoms with Crippen LogP contribution in [0.15, 0.2) is 5.16 Å². The zero-order chi connectivity index (χ0) is 9.40. The van der Waals surface area contributed by atoms with Gasteiger partial charge >= 0.3 is 6.41 Å². The van der Waals surface area contributed by atoms with Crippen molar-refractivity contribution in [2.24, 2.45) is 5.16 Å². The van der Waals surface area contributed by atoms with Gasteiger partial charge in [-0.2, -0.15) is 5.26 Å². The van der Waals surface area contributed by atoms with E-state index >= 15 is 0 Å². The van der Waals surface area contributed by atoms with Crippen molar-refractivity contribution in [3.8, 4) is 6.07 Å². The van der Waals surface area contributed by atoms with Gasteiger partial charge in [-0.25, -0.2) is 0 Å². The third-order valence-corrected chi connectivity index (χ3v) is 0.770. The molecular formula is C6H6N3O3. The predicted molar refractivity (Wildman–Crippen MR) is 38.5 cm³/mol. The fraction of sp³-hybridized carbons (Fsp3) is 0.333. The minimum atomic E-state index is -0.930. The summed E-state index contributed by atoms with van der Waals surface area (Å²) in [5.41, 5.74) is -0.514. The monoisotopic (exact) mass is 168 g/mol.